The highest BCUT2D eigenvalue weighted by Gasteiger charge is 2.42. The van der Waals surface area contributed by atoms with Crippen molar-refractivity contribution in [2.45, 2.75) is 43.8 Å². The molecule has 5 rings (SSSR count). The minimum atomic E-state index is -0.00507. The molecular weight excluding hydrogens is 352 g/mol. The fourth-order valence-electron chi connectivity index (χ4n) is 5.08. The molecule has 2 N–H and O–H groups in total. The second-order valence-electron chi connectivity index (χ2n) is 8.14. The van der Waals surface area contributed by atoms with Crippen LogP contribution in [0.1, 0.15) is 46.7 Å². The fourth-order valence-corrected chi connectivity index (χ4v) is 5.08. The van der Waals surface area contributed by atoms with E-state index in [4.69, 9.17) is 9.47 Å². The lowest BCUT2D eigenvalue weighted by molar-refractivity contribution is 0.0965. The number of methoxy groups -OCH3 is 1. The Hall–Kier alpha value is -2.53. The molecule has 1 amide bonds. The van der Waals surface area contributed by atoms with Crippen LogP contribution in [0.4, 0.5) is 0 Å². The van der Waals surface area contributed by atoms with Gasteiger partial charge in [0.2, 0.25) is 0 Å². The Bertz CT molecular complexity index is 880. The van der Waals surface area contributed by atoms with E-state index in [9.17, 15) is 4.79 Å². The number of hydrogen-bond donors (Lipinski definition) is 2. The van der Waals surface area contributed by atoms with Crippen LogP contribution in [0.15, 0.2) is 42.5 Å². The smallest absolute Gasteiger partial charge is 0.252 e. The molecule has 2 fully saturated rings. The number of benzene rings is 2. The summed E-state index contributed by atoms with van der Waals surface area (Å²) < 4.78 is 11.5. The van der Waals surface area contributed by atoms with Gasteiger partial charge in [0.15, 0.2) is 0 Å². The van der Waals surface area contributed by atoms with Gasteiger partial charge in [-0.2, -0.15) is 0 Å². The van der Waals surface area contributed by atoms with Gasteiger partial charge >= 0.3 is 0 Å². The van der Waals surface area contributed by atoms with Gasteiger partial charge in [0.05, 0.1) is 13.7 Å². The minimum absolute atomic E-state index is 0.00507. The Kier molecular flexibility index (Phi) is 4.47. The largest absolute Gasteiger partial charge is 0.497 e. The molecule has 5 nitrogen and oxygen atoms in total. The Morgan fingerprint density at radius 2 is 1.89 bits per heavy atom. The maximum absolute atomic E-state index is 11.9. The monoisotopic (exact) mass is 378 g/mol. The second kappa shape index (κ2) is 7.13. The average Bonchev–Trinajstić information content (AvgIpc) is 3.30. The molecule has 5 heteroatoms. The Labute approximate surface area is 165 Å². The van der Waals surface area contributed by atoms with E-state index in [2.05, 4.69) is 34.9 Å². The molecule has 146 valence electrons. The van der Waals surface area contributed by atoms with Crippen LogP contribution in [-0.2, 0) is 6.54 Å². The van der Waals surface area contributed by atoms with Crippen molar-refractivity contribution in [1.29, 1.82) is 0 Å². The van der Waals surface area contributed by atoms with E-state index in [1.54, 1.807) is 7.11 Å². The molecule has 3 heterocycles. The molecule has 2 aromatic carbocycles. The van der Waals surface area contributed by atoms with Gasteiger partial charge in [-0.25, -0.2) is 0 Å². The number of rotatable bonds is 5. The van der Waals surface area contributed by atoms with E-state index in [1.165, 1.54) is 18.4 Å². The first-order valence-electron chi connectivity index (χ1n) is 10.1. The van der Waals surface area contributed by atoms with E-state index in [-0.39, 0.29) is 5.91 Å². The topological polar surface area (TPSA) is 59.6 Å². The van der Waals surface area contributed by atoms with Crippen molar-refractivity contribution in [2.75, 3.05) is 13.7 Å². The molecule has 2 unspecified atom stereocenters. The van der Waals surface area contributed by atoms with Gasteiger partial charge in [-0.1, -0.05) is 18.2 Å². The third-order valence-electron chi connectivity index (χ3n) is 6.60. The summed E-state index contributed by atoms with van der Waals surface area (Å²) >= 11 is 0. The zero-order valence-corrected chi connectivity index (χ0v) is 16.1. The van der Waals surface area contributed by atoms with Crippen LogP contribution in [0.3, 0.4) is 0 Å². The molecule has 2 bridgehead atoms. The zero-order chi connectivity index (χ0) is 19.1. The Balaban J connectivity index is 1.35. The summed E-state index contributed by atoms with van der Waals surface area (Å²) in [5.74, 6) is 2.56. The van der Waals surface area contributed by atoms with E-state index >= 15 is 0 Å². The van der Waals surface area contributed by atoms with Crippen LogP contribution in [0.2, 0.25) is 0 Å². The molecule has 0 aliphatic carbocycles. The van der Waals surface area contributed by atoms with Crippen molar-refractivity contribution in [1.82, 2.24) is 10.6 Å². The number of nitrogens with one attached hydrogen (secondary N) is 2. The van der Waals surface area contributed by atoms with Gasteiger partial charge in [-0.15, -0.1) is 0 Å². The van der Waals surface area contributed by atoms with Crippen molar-refractivity contribution < 1.29 is 14.3 Å². The highest BCUT2D eigenvalue weighted by molar-refractivity contribution is 5.98. The molecule has 0 aromatic heterocycles. The number of carbonyl (C=O) groups is 1. The van der Waals surface area contributed by atoms with Crippen molar-refractivity contribution in [3.63, 3.8) is 0 Å². The van der Waals surface area contributed by atoms with Gasteiger partial charge in [-0.05, 0) is 60.6 Å². The number of carbonyl (C=O) groups excluding carboxylic acids is 1. The van der Waals surface area contributed by atoms with Gasteiger partial charge < -0.3 is 20.1 Å². The van der Waals surface area contributed by atoms with E-state index < -0.39 is 0 Å². The van der Waals surface area contributed by atoms with Crippen LogP contribution in [0, 0.1) is 5.92 Å². The quantitative estimate of drug-likeness (QED) is 0.839. The number of ether oxygens (including phenoxy) is 2. The van der Waals surface area contributed by atoms with Crippen LogP contribution in [0.25, 0.3) is 0 Å². The normalized spacial score (nSPS) is 28.0. The summed E-state index contributed by atoms with van der Waals surface area (Å²) in [4.78, 5) is 11.9. The maximum Gasteiger partial charge on any atom is 0.252 e. The minimum Gasteiger partial charge on any atom is -0.497 e. The van der Waals surface area contributed by atoms with Crippen molar-refractivity contribution in [3.8, 4) is 11.5 Å². The van der Waals surface area contributed by atoms with Crippen LogP contribution in [-0.4, -0.2) is 31.7 Å². The van der Waals surface area contributed by atoms with Gasteiger partial charge in [0.25, 0.3) is 5.91 Å². The zero-order valence-electron chi connectivity index (χ0n) is 16.1. The van der Waals surface area contributed by atoms with E-state index in [1.807, 2.05) is 18.2 Å². The van der Waals surface area contributed by atoms with Crippen LogP contribution < -0.4 is 20.1 Å². The molecular formula is C23H26N2O3. The lowest BCUT2D eigenvalue weighted by Gasteiger charge is -2.38. The van der Waals surface area contributed by atoms with Crippen molar-refractivity contribution >= 4 is 5.91 Å². The third kappa shape index (κ3) is 3.14. The highest BCUT2D eigenvalue weighted by Crippen LogP contribution is 2.42. The number of piperidine rings is 1. The predicted molar refractivity (Wildman–Crippen MR) is 107 cm³/mol. The number of fused-ring (bicyclic) bond motifs is 3. The predicted octanol–water partition coefficient (Wildman–Crippen LogP) is 3.24. The number of hydrogen-bond acceptors (Lipinski definition) is 4. The van der Waals surface area contributed by atoms with Crippen LogP contribution in [0.5, 0.6) is 11.5 Å². The van der Waals surface area contributed by atoms with Crippen LogP contribution >= 0.6 is 0 Å². The first kappa shape index (κ1) is 17.6. The SMILES string of the molecule is COc1ccc(C2C[C@H]3CC[C@@H](N3)C2COc2ccc3c(c2)C(=O)NC3)cc1. The lowest BCUT2D eigenvalue weighted by Crippen LogP contribution is -2.46. The molecule has 4 atom stereocenters. The molecule has 3 aliphatic heterocycles. The van der Waals surface area contributed by atoms with Gasteiger partial charge in [-0.3, -0.25) is 4.79 Å². The Morgan fingerprint density at radius 3 is 2.71 bits per heavy atom. The molecule has 0 spiro atoms. The van der Waals surface area contributed by atoms with Crippen molar-refractivity contribution in [2.24, 2.45) is 5.92 Å². The van der Waals surface area contributed by atoms with Gasteiger partial charge in [0.1, 0.15) is 11.5 Å². The summed E-state index contributed by atoms with van der Waals surface area (Å²) in [5, 5.41) is 6.64. The summed E-state index contributed by atoms with van der Waals surface area (Å²) in [5.41, 5.74) is 3.15. The summed E-state index contributed by atoms with van der Waals surface area (Å²) in [7, 11) is 1.70. The van der Waals surface area contributed by atoms with E-state index in [0.29, 0.717) is 37.1 Å². The highest BCUT2D eigenvalue weighted by atomic mass is 16.5. The van der Waals surface area contributed by atoms with Crippen molar-refractivity contribution in [3.05, 3.63) is 59.2 Å². The lowest BCUT2D eigenvalue weighted by atomic mass is 9.77. The number of amides is 1. The molecule has 0 radical (unpaired) electrons. The first-order valence-corrected chi connectivity index (χ1v) is 10.1. The molecule has 28 heavy (non-hydrogen) atoms. The first-order chi connectivity index (χ1) is 13.7. The fraction of sp³-hybridized carbons (Fsp3) is 0.435. The average molecular weight is 378 g/mol. The standard InChI is InChI=1S/C23H26N2O3/c1-27-17-6-2-14(3-7-17)19-10-16-5-9-22(25-16)21(19)13-28-18-8-4-15-12-24-23(26)20(15)11-18/h2-4,6-8,11,16,19,21-22,25H,5,9-10,12-13H2,1H3,(H,24,26)/t16-,19?,21?,22-/m1/s1. The maximum atomic E-state index is 11.9. The second-order valence-corrected chi connectivity index (χ2v) is 8.14. The summed E-state index contributed by atoms with van der Waals surface area (Å²) in [6, 6.07) is 15.5. The van der Waals surface area contributed by atoms with Gasteiger partial charge in [0, 0.05) is 30.1 Å². The molecule has 2 saturated heterocycles. The summed E-state index contributed by atoms with van der Waals surface area (Å²) in [6.07, 6.45) is 3.59. The van der Waals surface area contributed by atoms with E-state index in [0.717, 1.165) is 29.0 Å². The molecule has 2 aromatic rings. The molecule has 3 aliphatic rings. The third-order valence-corrected chi connectivity index (χ3v) is 6.60. The Morgan fingerprint density at radius 1 is 1.07 bits per heavy atom. The molecule has 0 saturated carbocycles. The summed E-state index contributed by atoms with van der Waals surface area (Å²) in [6.45, 7) is 1.27.